The van der Waals surface area contributed by atoms with Gasteiger partial charge in [0.25, 0.3) is 0 Å². The normalized spacial score (nSPS) is 29.1. The van der Waals surface area contributed by atoms with Gasteiger partial charge in [0, 0.05) is 12.3 Å². The van der Waals surface area contributed by atoms with E-state index in [0.717, 1.165) is 18.8 Å². The molecule has 1 saturated carbocycles. The molecule has 2 N–H and O–H groups in total. The number of carbonyl (C=O) groups is 2. The summed E-state index contributed by atoms with van der Waals surface area (Å²) in [6.07, 6.45) is 8.17. The number of rotatable bonds is 6. The first-order valence-electron chi connectivity index (χ1n) is 10.2. The van der Waals surface area contributed by atoms with E-state index in [4.69, 9.17) is 4.74 Å². The van der Waals surface area contributed by atoms with E-state index in [1.54, 1.807) is 6.07 Å². The molecule has 0 heterocycles. The summed E-state index contributed by atoms with van der Waals surface area (Å²) in [7, 11) is 0. The van der Waals surface area contributed by atoms with E-state index in [2.05, 4.69) is 26.0 Å². The van der Waals surface area contributed by atoms with Gasteiger partial charge >= 0.3 is 5.97 Å². The molecule has 0 radical (unpaired) electrons. The minimum absolute atomic E-state index is 0.00676. The van der Waals surface area contributed by atoms with Gasteiger partial charge in [-0.1, -0.05) is 38.5 Å². The van der Waals surface area contributed by atoms with Crippen LogP contribution in [0, 0.1) is 29.6 Å². The number of ether oxygens (including phenoxy) is 1. The van der Waals surface area contributed by atoms with Crippen molar-refractivity contribution < 1.29 is 24.5 Å². The fraction of sp³-hybridized carbons (Fsp3) is 0.565. The van der Waals surface area contributed by atoms with Crippen LogP contribution in [0.15, 0.2) is 30.4 Å². The quantitative estimate of drug-likeness (QED) is 0.438. The van der Waals surface area contributed by atoms with Gasteiger partial charge in [0.2, 0.25) is 0 Å². The van der Waals surface area contributed by atoms with Gasteiger partial charge in [-0.2, -0.15) is 0 Å². The lowest BCUT2D eigenvalue weighted by molar-refractivity contribution is -0.144. The maximum atomic E-state index is 12.9. The zero-order valence-corrected chi connectivity index (χ0v) is 16.6. The van der Waals surface area contributed by atoms with E-state index in [9.17, 15) is 19.8 Å². The van der Waals surface area contributed by atoms with E-state index < -0.39 is 5.97 Å². The van der Waals surface area contributed by atoms with Crippen molar-refractivity contribution in [3.05, 3.63) is 35.9 Å². The molecule has 5 nitrogen and oxygen atoms in total. The third-order valence-electron chi connectivity index (χ3n) is 6.28. The van der Waals surface area contributed by atoms with Crippen LogP contribution in [0.4, 0.5) is 0 Å². The van der Waals surface area contributed by atoms with E-state index in [1.807, 2.05) is 0 Å². The Balaban J connectivity index is 1.50. The number of benzene rings is 1. The van der Waals surface area contributed by atoms with Gasteiger partial charge in [-0.25, -0.2) is 0 Å². The number of carbonyl (C=O) groups excluding carboxylic acids is 2. The average Bonchev–Trinajstić information content (AvgIpc) is 2.64. The molecule has 0 aromatic heterocycles. The fourth-order valence-corrected chi connectivity index (χ4v) is 4.80. The molecule has 1 aromatic rings. The Morgan fingerprint density at radius 3 is 2.64 bits per heavy atom. The van der Waals surface area contributed by atoms with E-state index >= 15 is 0 Å². The largest absolute Gasteiger partial charge is 0.504 e. The number of allylic oxidation sites excluding steroid dienone is 2. The molecule has 5 unspecified atom stereocenters. The Morgan fingerprint density at radius 2 is 1.89 bits per heavy atom. The van der Waals surface area contributed by atoms with E-state index in [0.29, 0.717) is 17.4 Å². The van der Waals surface area contributed by atoms with Gasteiger partial charge < -0.3 is 14.9 Å². The van der Waals surface area contributed by atoms with E-state index in [1.165, 1.54) is 18.6 Å². The number of fused-ring (bicyclic) bond motifs is 1. The third-order valence-corrected chi connectivity index (χ3v) is 6.28. The molecule has 0 saturated heterocycles. The van der Waals surface area contributed by atoms with Crippen LogP contribution < -0.4 is 0 Å². The number of phenols is 2. The van der Waals surface area contributed by atoms with Gasteiger partial charge in [0.05, 0.1) is 13.0 Å². The lowest BCUT2D eigenvalue weighted by atomic mass is 9.62. The molecular weight excluding hydrogens is 356 g/mol. The number of hydrogen-bond acceptors (Lipinski definition) is 5. The Morgan fingerprint density at radius 1 is 1.11 bits per heavy atom. The summed E-state index contributed by atoms with van der Waals surface area (Å²) in [5.74, 6) is 1.14. The predicted molar refractivity (Wildman–Crippen MR) is 106 cm³/mol. The van der Waals surface area contributed by atoms with Crippen molar-refractivity contribution in [1.82, 2.24) is 0 Å². The lowest BCUT2D eigenvalue weighted by Gasteiger charge is -2.42. The first-order valence-corrected chi connectivity index (χ1v) is 10.2. The van der Waals surface area contributed by atoms with E-state index in [-0.39, 0.29) is 48.6 Å². The van der Waals surface area contributed by atoms with Crippen molar-refractivity contribution in [2.45, 2.75) is 46.0 Å². The predicted octanol–water partition coefficient (Wildman–Crippen LogP) is 4.02. The topological polar surface area (TPSA) is 83.8 Å². The van der Waals surface area contributed by atoms with Crippen LogP contribution in [0.25, 0.3) is 0 Å². The first-order chi connectivity index (χ1) is 13.3. The van der Waals surface area contributed by atoms with Crippen molar-refractivity contribution in [3.63, 3.8) is 0 Å². The highest BCUT2D eigenvalue weighted by Crippen LogP contribution is 2.45. The molecule has 28 heavy (non-hydrogen) atoms. The number of hydrogen-bond donors (Lipinski definition) is 2. The van der Waals surface area contributed by atoms with Crippen molar-refractivity contribution in [1.29, 1.82) is 0 Å². The Labute approximate surface area is 166 Å². The minimum atomic E-state index is -0.446. The Kier molecular flexibility index (Phi) is 6.42. The molecule has 1 aromatic carbocycles. The molecular formula is C23H30O5. The Hall–Kier alpha value is -2.30. The smallest absolute Gasteiger partial charge is 0.310 e. The molecule has 1 fully saturated rings. The van der Waals surface area contributed by atoms with Crippen LogP contribution in [0.1, 0.15) is 45.1 Å². The van der Waals surface area contributed by atoms with Gasteiger partial charge in [0.1, 0.15) is 5.78 Å². The third kappa shape index (κ3) is 4.75. The monoisotopic (exact) mass is 386 g/mol. The molecule has 2 aliphatic carbocycles. The van der Waals surface area contributed by atoms with Crippen LogP contribution in [-0.4, -0.2) is 28.6 Å². The summed E-state index contributed by atoms with van der Waals surface area (Å²) in [5.41, 5.74) is 0.553. The lowest BCUT2D eigenvalue weighted by Crippen LogP contribution is -2.39. The standard InChI is InChI=1S/C23H30O5/c1-14-3-7-18-17(11-14)6-4-15(2)23(18)20(25)9-10-28-22(27)13-16-5-8-19(24)21(26)12-16/h4-6,8,12,14-15,17-18,23-24,26H,3,7,9-11,13H2,1-2H3. The number of aromatic hydroxyl groups is 2. The second-order valence-corrected chi connectivity index (χ2v) is 8.45. The van der Waals surface area contributed by atoms with Crippen molar-refractivity contribution in [2.75, 3.05) is 6.61 Å². The summed E-state index contributed by atoms with van der Waals surface area (Å²) in [6.45, 7) is 4.48. The number of esters is 1. The van der Waals surface area contributed by atoms with Gasteiger partial charge in [0.15, 0.2) is 11.5 Å². The molecule has 0 aliphatic heterocycles. The Bertz CT molecular complexity index is 753. The summed E-state index contributed by atoms with van der Waals surface area (Å²) in [6, 6.07) is 4.23. The maximum absolute atomic E-state index is 12.9. The number of ketones is 1. The highest BCUT2D eigenvalue weighted by atomic mass is 16.5. The molecule has 3 rings (SSSR count). The zero-order chi connectivity index (χ0) is 20.3. The van der Waals surface area contributed by atoms with Crippen LogP contribution >= 0.6 is 0 Å². The van der Waals surface area contributed by atoms with Crippen LogP contribution in [-0.2, 0) is 20.7 Å². The molecule has 152 valence electrons. The SMILES string of the molecule is CC1CCC2C(C=CC(C)C2C(=O)CCOC(=O)Cc2ccc(O)c(O)c2)C1. The molecule has 5 atom stereocenters. The molecule has 0 bridgehead atoms. The second-order valence-electron chi connectivity index (χ2n) is 8.45. The van der Waals surface area contributed by atoms with Crippen LogP contribution in [0.2, 0.25) is 0 Å². The van der Waals surface area contributed by atoms with Crippen molar-refractivity contribution in [3.8, 4) is 11.5 Å². The molecule has 5 heteroatoms. The second kappa shape index (κ2) is 8.80. The summed E-state index contributed by atoms with van der Waals surface area (Å²) in [5, 5.41) is 18.8. The van der Waals surface area contributed by atoms with Crippen LogP contribution in [0.3, 0.4) is 0 Å². The molecule has 0 amide bonds. The van der Waals surface area contributed by atoms with Crippen molar-refractivity contribution in [2.24, 2.45) is 29.6 Å². The zero-order valence-electron chi connectivity index (χ0n) is 16.6. The minimum Gasteiger partial charge on any atom is -0.504 e. The van der Waals surface area contributed by atoms with Crippen LogP contribution in [0.5, 0.6) is 11.5 Å². The number of Topliss-reactive ketones (excluding diaryl/α,β-unsaturated/α-hetero) is 1. The summed E-state index contributed by atoms with van der Waals surface area (Å²) >= 11 is 0. The maximum Gasteiger partial charge on any atom is 0.310 e. The molecule has 2 aliphatic rings. The highest BCUT2D eigenvalue weighted by Gasteiger charge is 2.40. The summed E-state index contributed by atoms with van der Waals surface area (Å²) in [4.78, 5) is 24.9. The summed E-state index contributed by atoms with van der Waals surface area (Å²) < 4.78 is 5.24. The first kappa shape index (κ1) is 20.4. The highest BCUT2D eigenvalue weighted by molar-refractivity contribution is 5.82. The average molecular weight is 386 g/mol. The fourth-order valence-electron chi connectivity index (χ4n) is 4.80. The van der Waals surface area contributed by atoms with Gasteiger partial charge in [-0.3, -0.25) is 9.59 Å². The van der Waals surface area contributed by atoms with Gasteiger partial charge in [-0.15, -0.1) is 0 Å². The van der Waals surface area contributed by atoms with Crippen molar-refractivity contribution >= 4 is 11.8 Å². The van der Waals surface area contributed by atoms with Gasteiger partial charge in [-0.05, 0) is 54.2 Å². The molecule has 0 spiro atoms. The number of phenolic OH excluding ortho intramolecular Hbond substituents is 2.